The van der Waals surface area contributed by atoms with Crippen LogP contribution in [0.4, 0.5) is 0 Å². The summed E-state index contributed by atoms with van der Waals surface area (Å²) in [7, 11) is 0. The van der Waals surface area contributed by atoms with Crippen molar-refractivity contribution >= 4 is 5.97 Å². The number of carbonyl (C=O) groups is 1. The predicted octanol–water partition coefficient (Wildman–Crippen LogP) is 1.65. The zero-order chi connectivity index (χ0) is 9.40. The van der Waals surface area contributed by atoms with Crippen LogP contribution in [0.3, 0.4) is 0 Å². The van der Waals surface area contributed by atoms with Gasteiger partial charge in [0, 0.05) is 13.5 Å². The van der Waals surface area contributed by atoms with Gasteiger partial charge in [0.25, 0.3) is 5.97 Å². The lowest BCUT2D eigenvalue weighted by molar-refractivity contribution is -0.134. The van der Waals surface area contributed by atoms with Gasteiger partial charge in [-0.2, -0.15) is 0 Å². The minimum absolute atomic E-state index is 0.417. The Hall–Kier alpha value is -0.570. The van der Waals surface area contributed by atoms with Gasteiger partial charge >= 0.3 is 0 Å². The van der Waals surface area contributed by atoms with Crippen molar-refractivity contribution in [2.75, 3.05) is 6.61 Å². The molecule has 0 heterocycles. The van der Waals surface area contributed by atoms with Crippen LogP contribution in [0, 0.1) is 5.92 Å². The van der Waals surface area contributed by atoms with Crippen molar-refractivity contribution in [1.82, 2.24) is 0 Å². The second kappa shape index (κ2) is 7.10. The third kappa shape index (κ3) is 7.54. The van der Waals surface area contributed by atoms with E-state index in [0.29, 0.717) is 12.5 Å². The molecule has 0 bridgehead atoms. The van der Waals surface area contributed by atoms with Gasteiger partial charge in [0.15, 0.2) is 0 Å². The molecule has 3 nitrogen and oxygen atoms in total. The van der Waals surface area contributed by atoms with Gasteiger partial charge in [-0.1, -0.05) is 19.3 Å². The fourth-order valence-electron chi connectivity index (χ4n) is 1.37. The topological polar surface area (TPSA) is 57.5 Å². The average molecular weight is 174 g/mol. The average Bonchev–Trinajstić information content (AvgIpc) is 2.05. The Morgan fingerprint density at radius 3 is 2.00 bits per heavy atom. The maximum absolute atomic E-state index is 9.00. The molecule has 0 aliphatic heterocycles. The number of carboxylic acid groups (broad SMARTS) is 1. The molecule has 1 fully saturated rings. The molecular formula is C9H18O3. The van der Waals surface area contributed by atoms with Crippen LogP contribution < -0.4 is 0 Å². The van der Waals surface area contributed by atoms with Gasteiger partial charge in [-0.25, -0.2) is 0 Å². The predicted molar refractivity (Wildman–Crippen MR) is 47.0 cm³/mol. The summed E-state index contributed by atoms with van der Waals surface area (Å²) in [6.45, 7) is 1.50. The maximum Gasteiger partial charge on any atom is 0.300 e. The molecule has 12 heavy (non-hydrogen) atoms. The monoisotopic (exact) mass is 174 g/mol. The number of aliphatic hydroxyl groups is 1. The van der Waals surface area contributed by atoms with Crippen molar-refractivity contribution in [3.63, 3.8) is 0 Å². The van der Waals surface area contributed by atoms with Crippen LogP contribution in [-0.2, 0) is 4.79 Å². The Morgan fingerprint density at radius 1 is 1.33 bits per heavy atom. The van der Waals surface area contributed by atoms with Crippen LogP contribution in [0.2, 0.25) is 0 Å². The molecule has 1 saturated carbocycles. The van der Waals surface area contributed by atoms with E-state index in [0.717, 1.165) is 6.92 Å². The first kappa shape index (κ1) is 11.4. The standard InChI is InChI=1S/C7H14O.C2H4O2/c8-6-7-4-2-1-3-5-7;1-2(3)4/h7-8H,1-6H2;1H3,(H,3,4). The molecule has 1 rings (SSSR count). The number of carboxylic acids is 1. The van der Waals surface area contributed by atoms with Gasteiger partial charge in [0.2, 0.25) is 0 Å². The lowest BCUT2D eigenvalue weighted by Gasteiger charge is -2.18. The molecule has 0 saturated heterocycles. The summed E-state index contributed by atoms with van der Waals surface area (Å²) < 4.78 is 0. The molecule has 0 atom stereocenters. The summed E-state index contributed by atoms with van der Waals surface area (Å²) in [5.41, 5.74) is 0. The fourth-order valence-corrected chi connectivity index (χ4v) is 1.37. The summed E-state index contributed by atoms with van der Waals surface area (Å²) in [5.74, 6) is -0.191. The number of hydrogen-bond acceptors (Lipinski definition) is 2. The van der Waals surface area contributed by atoms with Gasteiger partial charge in [0.05, 0.1) is 0 Å². The minimum Gasteiger partial charge on any atom is -0.481 e. The summed E-state index contributed by atoms with van der Waals surface area (Å²) in [4.78, 5) is 9.00. The Labute approximate surface area is 73.4 Å². The van der Waals surface area contributed by atoms with Crippen molar-refractivity contribution in [3.8, 4) is 0 Å². The van der Waals surface area contributed by atoms with Crippen LogP contribution in [-0.4, -0.2) is 22.8 Å². The molecule has 0 radical (unpaired) electrons. The van der Waals surface area contributed by atoms with E-state index in [2.05, 4.69) is 0 Å². The Bertz CT molecular complexity index is 113. The van der Waals surface area contributed by atoms with Crippen LogP contribution in [0.5, 0.6) is 0 Å². The molecule has 0 aromatic carbocycles. The highest BCUT2D eigenvalue weighted by atomic mass is 16.4. The highest BCUT2D eigenvalue weighted by molar-refractivity contribution is 5.62. The molecular weight excluding hydrogens is 156 g/mol. The Morgan fingerprint density at radius 2 is 1.75 bits per heavy atom. The van der Waals surface area contributed by atoms with Crippen molar-refractivity contribution in [2.45, 2.75) is 39.0 Å². The van der Waals surface area contributed by atoms with Gasteiger partial charge in [-0.15, -0.1) is 0 Å². The molecule has 1 aliphatic carbocycles. The van der Waals surface area contributed by atoms with Crippen LogP contribution in [0.1, 0.15) is 39.0 Å². The Balaban J connectivity index is 0.000000261. The zero-order valence-corrected chi connectivity index (χ0v) is 7.62. The van der Waals surface area contributed by atoms with E-state index in [-0.39, 0.29) is 0 Å². The van der Waals surface area contributed by atoms with Gasteiger partial charge in [0.1, 0.15) is 0 Å². The highest BCUT2D eigenvalue weighted by Gasteiger charge is 2.10. The molecule has 3 heteroatoms. The van der Waals surface area contributed by atoms with E-state index in [1.807, 2.05) is 0 Å². The fraction of sp³-hybridized carbons (Fsp3) is 0.889. The summed E-state index contributed by atoms with van der Waals surface area (Å²) in [5, 5.41) is 16.1. The van der Waals surface area contributed by atoms with Crippen molar-refractivity contribution in [3.05, 3.63) is 0 Å². The summed E-state index contributed by atoms with van der Waals surface area (Å²) in [6, 6.07) is 0. The second-order valence-electron chi connectivity index (χ2n) is 3.21. The zero-order valence-electron chi connectivity index (χ0n) is 7.62. The van der Waals surface area contributed by atoms with Crippen LogP contribution >= 0.6 is 0 Å². The number of aliphatic carboxylic acids is 1. The first-order valence-electron chi connectivity index (χ1n) is 4.47. The lowest BCUT2D eigenvalue weighted by atomic mass is 9.90. The number of aliphatic hydroxyl groups excluding tert-OH is 1. The van der Waals surface area contributed by atoms with Crippen molar-refractivity contribution < 1.29 is 15.0 Å². The highest BCUT2D eigenvalue weighted by Crippen LogP contribution is 2.22. The molecule has 1 aliphatic rings. The van der Waals surface area contributed by atoms with E-state index in [1.54, 1.807) is 0 Å². The van der Waals surface area contributed by atoms with Crippen LogP contribution in [0.25, 0.3) is 0 Å². The normalized spacial score (nSPS) is 17.8. The largest absolute Gasteiger partial charge is 0.481 e. The smallest absolute Gasteiger partial charge is 0.300 e. The third-order valence-corrected chi connectivity index (χ3v) is 1.98. The molecule has 0 aromatic rings. The van der Waals surface area contributed by atoms with E-state index in [1.165, 1.54) is 32.1 Å². The first-order valence-corrected chi connectivity index (χ1v) is 4.47. The molecule has 0 unspecified atom stereocenters. The van der Waals surface area contributed by atoms with Gasteiger partial charge < -0.3 is 10.2 Å². The maximum atomic E-state index is 9.00. The lowest BCUT2D eigenvalue weighted by Crippen LogP contribution is -2.09. The quantitative estimate of drug-likeness (QED) is 0.635. The van der Waals surface area contributed by atoms with Gasteiger partial charge in [-0.05, 0) is 18.8 Å². The number of rotatable bonds is 1. The summed E-state index contributed by atoms with van der Waals surface area (Å²) in [6.07, 6.45) is 6.58. The minimum atomic E-state index is -0.833. The molecule has 2 N–H and O–H groups in total. The second-order valence-corrected chi connectivity index (χ2v) is 3.21. The third-order valence-electron chi connectivity index (χ3n) is 1.98. The van der Waals surface area contributed by atoms with Crippen molar-refractivity contribution in [1.29, 1.82) is 0 Å². The molecule has 0 aromatic heterocycles. The summed E-state index contributed by atoms with van der Waals surface area (Å²) >= 11 is 0. The molecule has 0 amide bonds. The molecule has 72 valence electrons. The van der Waals surface area contributed by atoms with E-state index >= 15 is 0 Å². The van der Waals surface area contributed by atoms with Gasteiger partial charge in [-0.3, -0.25) is 4.79 Å². The van der Waals surface area contributed by atoms with E-state index in [4.69, 9.17) is 15.0 Å². The number of hydrogen-bond donors (Lipinski definition) is 2. The molecule has 0 spiro atoms. The first-order chi connectivity index (χ1) is 5.66. The van der Waals surface area contributed by atoms with E-state index in [9.17, 15) is 0 Å². The SMILES string of the molecule is CC(=O)O.OCC1CCCCC1. The van der Waals surface area contributed by atoms with E-state index < -0.39 is 5.97 Å². The Kier molecular flexibility index (Phi) is 6.76. The van der Waals surface area contributed by atoms with Crippen molar-refractivity contribution in [2.24, 2.45) is 5.92 Å². The van der Waals surface area contributed by atoms with Crippen LogP contribution in [0.15, 0.2) is 0 Å².